The molecule has 2 aliphatic heterocycles. The standard InChI is InChI=1S/C16H21F3N4O2/c17-16(18,19)5-3-12-4-6-20-15(21-12)23-9-7-22(8-10-23)14(24)13-2-1-11-25-13/h4,6,13H,1-3,5,7-11H2. The Morgan fingerprint density at radius 1 is 1.28 bits per heavy atom. The van der Waals surface area contributed by atoms with Gasteiger partial charge < -0.3 is 14.5 Å². The molecule has 0 aromatic carbocycles. The number of carbonyl (C=O) groups excluding carboxylic acids is 1. The van der Waals surface area contributed by atoms with E-state index in [9.17, 15) is 18.0 Å². The minimum absolute atomic E-state index is 0.0250. The van der Waals surface area contributed by atoms with Crippen molar-refractivity contribution in [2.24, 2.45) is 0 Å². The lowest BCUT2D eigenvalue weighted by molar-refractivity contribution is -0.141. The van der Waals surface area contributed by atoms with Crippen molar-refractivity contribution in [2.45, 2.75) is 38.0 Å². The van der Waals surface area contributed by atoms with Gasteiger partial charge in [-0.25, -0.2) is 9.97 Å². The van der Waals surface area contributed by atoms with Gasteiger partial charge in [-0.15, -0.1) is 0 Å². The number of alkyl halides is 3. The number of hydrogen-bond donors (Lipinski definition) is 0. The number of halogens is 3. The maximum absolute atomic E-state index is 12.3. The molecule has 0 saturated carbocycles. The number of rotatable bonds is 4. The Kier molecular flexibility index (Phi) is 5.41. The van der Waals surface area contributed by atoms with Gasteiger partial charge in [0.1, 0.15) is 6.10 Å². The lowest BCUT2D eigenvalue weighted by atomic mass is 10.2. The fourth-order valence-corrected chi connectivity index (χ4v) is 3.05. The molecule has 25 heavy (non-hydrogen) atoms. The predicted molar refractivity (Wildman–Crippen MR) is 84.2 cm³/mol. The molecule has 1 amide bonds. The van der Waals surface area contributed by atoms with Gasteiger partial charge in [0.05, 0.1) is 0 Å². The molecule has 6 nitrogen and oxygen atoms in total. The SMILES string of the molecule is O=C(C1CCCO1)N1CCN(c2nccc(CCC(F)(F)F)n2)CC1. The van der Waals surface area contributed by atoms with Gasteiger partial charge in [-0.2, -0.15) is 13.2 Å². The van der Waals surface area contributed by atoms with Crippen LogP contribution < -0.4 is 4.90 Å². The van der Waals surface area contributed by atoms with E-state index < -0.39 is 12.6 Å². The number of piperazine rings is 1. The van der Waals surface area contributed by atoms with Crippen LogP contribution >= 0.6 is 0 Å². The fraction of sp³-hybridized carbons (Fsp3) is 0.688. The average molecular weight is 358 g/mol. The Labute approximate surface area is 144 Å². The second-order valence-corrected chi connectivity index (χ2v) is 6.28. The van der Waals surface area contributed by atoms with Crippen LogP contribution in [-0.4, -0.2) is 65.8 Å². The summed E-state index contributed by atoms with van der Waals surface area (Å²) in [5, 5.41) is 0. The van der Waals surface area contributed by atoms with Gasteiger partial charge in [0, 0.05) is 51.1 Å². The van der Waals surface area contributed by atoms with Gasteiger partial charge in [0.25, 0.3) is 5.91 Å². The van der Waals surface area contributed by atoms with Crippen molar-refractivity contribution in [1.29, 1.82) is 0 Å². The molecule has 0 bridgehead atoms. The molecule has 1 atom stereocenters. The third-order valence-corrected chi connectivity index (χ3v) is 4.44. The average Bonchev–Trinajstić information content (AvgIpc) is 3.14. The van der Waals surface area contributed by atoms with Crippen LogP contribution in [0.25, 0.3) is 0 Å². The monoisotopic (exact) mass is 358 g/mol. The first kappa shape index (κ1) is 17.9. The molecule has 0 radical (unpaired) electrons. The van der Waals surface area contributed by atoms with Crippen LogP contribution in [-0.2, 0) is 16.0 Å². The van der Waals surface area contributed by atoms with Crippen molar-refractivity contribution in [3.05, 3.63) is 18.0 Å². The van der Waals surface area contributed by atoms with Gasteiger partial charge in [-0.3, -0.25) is 4.79 Å². The van der Waals surface area contributed by atoms with Crippen molar-refractivity contribution in [2.75, 3.05) is 37.7 Å². The number of aromatic nitrogens is 2. The Hall–Kier alpha value is -1.90. The highest BCUT2D eigenvalue weighted by Gasteiger charge is 2.31. The van der Waals surface area contributed by atoms with E-state index in [1.54, 1.807) is 4.90 Å². The number of nitrogens with zero attached hydrogens (tertiary/aromatic N) is 4. The van der Waals surface area contributed by atoms with Crippen LogP contribution in [0.1, 0.15) is 25.0 Å². The summed E-state index contributed by atoms with van der Waals surface area (Å²) in [5.41, 5.74) is 0.375. The lowest BCUT2D eigenvalue weighted by Gasteiger charge is -2.35. The lowest BCUT2D eigenvalue weighted by Crippen LogP contribution is -2.51. The van der Waals surface area contributed by atoms with Gasteiger partial charge in [-0.05, 0) is 25.3 Å². The highest BCUT2D eigenvalue weighted by Crippen LogP contribution is 2.22. The van der Waals surface area contributed by atoms with Crippen molar-refractivity contribution in [1.82, 2.24) is 14.9 Å². The summed E-state index contributed by atoms with van der Waals surface area (Å²) >= 11 is 0. The summed E-state index contributed by atoms with van der Waals surface area (Å²) in [6.07, 6.45) is -2.41. The third kappa shape index (κ3) is 4.81. The molecule has 3 rings (SSSR count). The van der Waals surface area contributed by atoms with Crippen LogP contribution in [0.4, 0.5) is 19.1 Å². The number of amides is 1. The van der Waals surface area contributed by atoms with E-state index in [0.717, 1.165) is 12.8 Å². The van der Waals surface area contributed by atoms with Gasteiger partial charge in [0.2, 0.25) is 5.95 Å². The third-order valence-electron chi connectivity index (χ3n) is 4.44. The summed E-state index contributed by atoms with van der Waals surface area (Å²) in [7, 11) is 0. The molecular formula is C16H21F3N4O2. The summed E-state index contributed by atoms with van der Waals surface area (Å²) in [5.74, 6) is 0.445. The summed E-state index contributed by atoms with van der Waals surface area (Å²) < 4.78 is 42.5. The molecule has 2 aliphatic rings. The van der Waals surface area contributed by atoms with Crippen LogP contribution in [0.5, 0.6) is 0 Å². The highest BCUT2D eigenvalue weighted by atomic mass is 19.4. The zero-order chi connectivity index (χ0) is 17.9. The summed E-state index contributed by atoms with van der Waals surface area (Å²) in [4.78, 5) is 24.4. The van der Waals surface area contributed by atoms with E-state index in [4.69, 9.17) is 4.74 Å². The summed E-state index contributed by atoms with van der Waals surface area (Å²) in [6, 6.07) is 1.51. The molecule has 138 valence electrons. The zero-order valence-corrected chi connectivity index (χ0v) is 13.8. The molecule has 9 heteroatoms. The smallest absolute Gasteiger partial charge is 0.368 e. The Balaban J connectivity index is 1.54. The first-order valence-electron chi connectivity index (χ1n) is 8.46. The number of ether oxygens (including phenoxy) is 1. The molecule has 0 N–H and O–H groups in total. The van der Waals surface area contributed by atoms with Crippen LogP contribution in [0.3, 0.4) is 0 Å². The minimum atomic E-state index is -4.20. The topological polar surface area (TPSA) is 58.6 Å². The Morgan fingerprint density at radius 3 is 2.68 bits per heavy atom. The predicted octanol–water partition coefficient (Wildman–Crippen LogP) is 1.80. The van der Waals surface area contributed by atoms with Crippen LogP contribution in [0, 0.1) is 0 Å². The second kappa shape index (κ2) is 7.55. The van der Waals surface area contributed by atoms with Crippen molar-refractivity contribution in [3.63, 3.8) is 0 Å². The normalized spacial score (nSPS) is 21.6. The van der Waals surface area contributed by atoms with E-state index in [2.05, 4.69) is 9.97 Å². The number of hydrogen-bond acceptors (Lipinski definition) is 5. The molecule has 2 fully saturated rings. The first-order valence-corrected chi connectivity index (χ1v) is 8.46. The Bertz CT molecular complexity index is 597. The quantitative estimate of drug-likeness (QED) is 0.822. The summed E-state index contributed by atoms with van der Waals surface area (Å²) in [6.45, 7) is 2.82. The van der Waals surface area contributed by atoms with Crippen molar-refractivity contribution < 1.29 is 22.7 Å². The molecule has 1 aromatic rings. The molecular weight excluding hydrogens is 337 g/mol. The minimum Gasteiger partial charge on any atom is -0.368 e. The van der Waals surface area contributed by atoms with Gasteiger partial charge >= 0.3 is 6.18 Å². The largest absolute Gasteiger partial charge is 0.389 e. The van der Waals surface area contributed by atoms with Crippen LogP contribution in [0.2, 0.25) is 0 Å². The van der Waals surface area contributed by atoms with Crippen molar-refractivity contribution >= 4 is 11.9 Å². The van der Waals surface area contributed by atoms with E-state index in [1.807, 2.05) is 4.90 Å². The molecule has 0 aliphatic carbocycles. The number of anilines is 1. The molecule has 2 saturated heterocycles. The highest BCUT2D eigenvalue weighted by molar-refractivity contribution is 5.81. The van der Waals surface area contributed by atoms with Gasteiger partial charge in [0.15, 0.2) is 0 Å². The fourth-order valence-electron chi connectivity index (χ4n) is 3.05. The number of carbonyl (C=O) groups is 1. The van der Waals surface area contributed by atoms with E-state index >= 15 is 0 Å². The van der Waals surface area contributed by atoms with E-state index in [1.165, 1.54) is 12.3 Å². The maximum atomic E-state index is 12.3. The maximum Gasteiger partial charge on any atom is 0.389 e. The van der Waals surface area contributed by atoms with Gasteiger partial charge in [-0.1, -0.05) is 0 Å². The van der Waals surface area contributed by atoms with Crippen LogP contribution in [0.15, 0.2) is 12.3 Å². The van der Waals surface area contributed by atoms with Crippen molar-refractivity contribution in [3.8, 4) is 0 Å². The second-order valence-electron chi connectivity index (χ2n) is 6.28. The van der Waals surface area contributed by atoms with E-state index in [-0.39, 0.29) is 18.4 Å². The molecule has 1 aromatic heterocycles. The first-order chi connectivity index (χ1) is 11.9. The molecule has 3 heterocycles. The Morgan fingerprint density at radius 2 is 2.04 bits per heavy atom. The zero-order valence-electron chi connectivity index (χ0n) is 13.8. The molecule has 1 unspecified atom stereocenters. The molecule has 0 spiro atoms. The van der Waals surface area contributed by atoms with E-state index in [0.29, 0.717) is 44.4 Å². The number of aryl methyl sites for hydroxylation is 1.